The van der Waals surface area contributed by atoms with Crippen LogP contribution in [0.1, 0.15) is 43.8 Å². The van der Waals surface area contributed by atoms with Crippen molar-refractivity contribution in [2.45, 2.75) is 43.2 Å². The van der Waals surface area contributed by atoms with Crippen molar-refractivity contribution in [3.05, 3.63) is 40.2 Å². The fraction of sp³-hybridized carbons (Fsp3) is 0.471. The van der Waals surface area contributed by atoms with E-state index in [1.165, 1.54) is 43.2 Å². The molecule has 9 heteroatoms. The highest BCUT2D eigenvalue weighted by Crippen LogP contribution is 2.32. The molecule has 0 radical (unpaired) electrons. The number of benzene rings is 1. The minimum atomic E-state index is -0.489. The summed E-state index contributed by atoms with van der Waals surface area (Å²) in [6.07, 6.45) is 6.03. The predicted octanol–water partition coefficient (Wildman–Crippen LogP) is 3.50. The first-order valence-electron chi connectivity index (χ1n) is 8.61. The molecule has 1 amide bonds. The van der Waals surface area contributed by atoms with Gasteiger partial charge in [-0.1, -0.05) is 37.1 Å². The molecule has 1 heterocycles. The number of thioether (sulfide) groups is 1. The Balaban J connectivity index is 1.57. The molecule has 0 saturated heterocycles. The second-order valence-electron chi connectivity index (χ2n) is 6.38. The van der Waals surface area contributed by atoms with Crippen molar-refractivity contribution in [1.29, 1.82) is 0 Å². The number of nitrogens with zero attached hydrogens (tertiary/aromatic N) is 4. The third-order valence-corrected chi connectivity index (χ3v) is 5.53. The number of nitro benzene ring substituents is 1. The smallest absolute Gasteiger partial charge is 0.271 e. The maximum Gasteiger partial charge on any atom is 0.271 e. The molecule has 0 atom stereocenters. The van der Waals surface area contributed by atoms with E-state index in [1.54, 1.807) is 12.1 Å². The van der Waals surface area contributed by atoms with E-state index in [1.807, 2.05) is 11.6 Å². The van der Waals surface area contributed by atoms with Crippen LogP contribution in [0.4, 0.5) is 11.4 Å². The summed E-state index contributed by atoms with van der Waals surface area (Å²) in [4.78, 5) is 22.4. The summed E-state index contributed by atoms with van der Waals surface area (Å²) in [6.45, 7) is 0. The minimum absolute atomic E-state index is 0.0547. The lowest BCUT2D eigenvalue weighted by atomic mass is 9.89. The van der Waals surface area contributed by atoms with Crippen LogP contribution in [0, 0.1) is 10.1 Å². The van der Waals surface area contributed by atoms with E-state index >= 15 is 0 Å². The Labute approximate surface area is 155 Å². The van der Waals surface area contributed by atoms with Crippen LogP contribution < -0.4 is 5.32 Å². The Morgan fingerprint density at radius 3 is 2.85 bits per heavy atom. The molecule has 0 unspecified atom stereocenters. The summed E-state index contributed by atoms with van der Waals surface area (Å²) in [5.41, 5.74) is 0.353. The van der Waals surface area contributed by atoms with Gasteiger partial charge < -0.3 is 9.88 Å². The zero-order valence-corrected chi connectivity index (χ0v) is 15.4. The lowest BCUT2D eigenvalue weighted by molar-refractivity contribution is -0.384. The molecular weight excluding hydrogens is 354 g/mol. The molecule has 1 aliphatic rings. The highest BCUT2D eigenvalue weighted by Gasteiger charge is 2.22. The number of nitro groups is 1. The van der Waals surface area contributed by atoms with E-state index in [0.29, 0.717) is 16.8 Å². The van der Waals surface area contributed by atoms with Crippen molar-refractivity contribution in [2.75, 3.05) is 11.1 Å². The summed E-state index contributed by atoms with van der Waals surface area (Å²) in [7, 11) is 1.94. The van der Waals surface area contributed by atoms with Gasteiger partial charge in [0.1, 0.15) is 5.82 Å². The fourth-order valence-corrected chi connectivity index (χ4v) is 3.91. The van der Waals surface area contributed by atoms with E-state index in [4.69, 9.17) is 0 Å². The number of amides is 1. The average Bonchev–Trinajstić information content (AvgIpc) is 3.01. The van der Waals surface area contributed by atoms with Gasteiger partial charge in [-0.25, -0.2) is 0 Å². The number of hydrogen-bond acceptors (Lipinski definition) is 6. The molecule has 0 aliphatic heterocycles. The quantitative estimate of drug-likeness (QED) is 0.471. The highest BCUT2D eigenvalue weighted by molar-refractivity contribution is 7.99. The molecular formula is C17H21N5O3S. The fourth-order valence-electron chi connectivity index (χ4n) is 3.19. The van der Waals surface area contributed by atoms with Gasteiger partial charge in [-0.2, -0.15) is 0 Å². The summed E-state index contributed by atoms with van der Waals surface area (Å²) in [5.74, 6) is 1.37. The predicted molar refractivity (Wildman–Crippen MR) is 99.3 cm³/mol. The number of nitrogens with one attached hydrogen (secondary N) is 1. The number of rotatable bonds is 6. The molecule has 3 rings (SSSR count). The largest absolute Gasteiger partial charge is 0.325 e. The number of carbonyl (C=O) groups is 1. The summed E-state index contributed by atoms with van der Waals surface area (Å²) >= 11 is 1.31. The lowest BCUT2D eigenvalue weighted by Gasteiger charge is -2.20. The number of aromatic nitrogens is 3. The number of hydrogen-bond donors (Lipinski definition) is 1. The molecule has 1 N–H and O–H groups in total. The normalized spacial score (nSPS) is 15.0. The van der Waals surface area contributed by atoms with Crippen LogP contribution in [-0.4, -0.2) is 31.3 Å². The molecule has 26 heavy (non-hydrogen) atoms. The van der Waals surface area contributed by atoms with Crippen LogP contribution in [0.15, 0.2) is 29.4 Å². The molecule has 0 spiro atoms. The average molecular weight is 375 g/mol. The van der Waals surface area contributed by atoms with Gasteiger partial charge in [-0.3, -0.25) is 14.9 Å². The van der Waals surface area contributed by atoms with Gasteiger partial charge in [-0.15, -0.1) is 10.2 Å². The van der Waals surface area contributed by atoms with E-state index in [0.717, 1.165) is 18.7 Å². The molecule has 8 nitrogen and oxygen atoms in total. The Morgan fingerprint density at radius 1 is 1.35 bits per heavy atom. The second kappa shape index (κ2) is 8.31. The van der Waals surface area contributed by atoms with Crippen molar-refractivity contribution in [3.8, 4) is 0 Å². The maximum absolute atomic E-state index is 12.1. The van der Waals surface area contributed by atoms with Crippen LogP contribution in [0.3, 0.4) is 0 Å². The van der Waals surface area contributed by atoms with Gasteiger partial charge in [0.05, 0.1) is 10.7 Å². The first-order chi connectivity index (χ1) is 12.5. The first-order valence-corrected chi connectivity index (χ1v) is 9.59. The first kappa shape index (κ1) is 18.4. The Morgan fingerprint density at radius 2 is 2.12 bits per heavy atom. The number of non-ortho nitro benzene ring substituents is 1. The van der Waals surface area contributed by atoms with Gasteiger partial charge in [-0.05, 0) is 18.9 Å². The monoisotopic (exact) mass is 375 g/mol. The molecule has 0 bridgehead atoms. The van der Waals surface area contributed by atoms with Crippen molar-refractivity contribution in [1.82, 2.24) is 14.8 Å². The van der Waals surface area contributed by atoms with Crippen LogP contribution in [-0.2, 0) is 11.8 Å². The van der Waals surface area contributed by atoms with Crippen molar-refractivity contribution in [2.24, 2.45) is 7.05 Å². The summed E-state index contributed by atoms with van der Waals surface area (Å²) < 4.78 is 1.97. The number of anilines is 1. The standard InChI is InChI=1S/C17H21N5O3S/c1-21-16(12-6-3-2-4-7-12)19-20-17(21)26-11-15(23)18-13-8-5-9-14(10-13)22(24)25/h5,8-10,12H,2-4,6-7,11H2,1H3,(H,18,23). The van der Waals surface area contributed by atoms with Gasteiger partial charge in [0.25, 0.3) is 5.69 Å². The maximum atomic E-state index is 12.1. The number of carbonyl (C=O) groups excluding carboxylic acids is 1. The lowest BCUT2D eigenvalue weighted by Crippen LogP contribution is -2.15. The zero-order valence-electron chi connectivity index (χ0n) is 14.6. The second-order valence-corrected chi connectivity index (χ2v) is 7.32. The van der Waals surface area contributed by atoms with Crippen molar-refractivity contribution < 1.29 is 9.72 Å². The van der Waals surface area contributed by atoms with Gasteiger partial charge in [0, 0.05) is 30.8 Å². The third kappa shape index (κ3) is 4.40. The summed E-state index contributed by atoms with van der Waals surface area (Å²) in [5, 5.41) is 22.7. The minimum Gasteiger partial charge on any atom is -0.325 e. The van der Waals surface area contributed by atoms with E-state index in [2.05, 4.69) is 15.5 Å². The molecule has 2 aromatic rings. The van der Waals surface area contributed by atoms with Crippen molar-refractivity contribution >= 4 is 29.0 Å². The van der Waals surface area contributed by atoms with Crippen LogP contribution in [0.2, 0.25) is 0 Å². The van der Waals surface area contributed by atoms with E-state index < -0.39 is 4.92 Å². The SMILES string of the molecule is Cn1c(SCC(=O)Nc2cccc([N+](=O)[O-])c2)nnc1C1CCCCC1. The molecule has 1 saturated carbocycles. The Hall–Kier alpha value is -2.42. The van der Waals surface area contributed by atoms with Crippen LogP contribution in [0.5, 0.6) is 0 Å². The highest BCUT2D eigenvalue weighted by atomic mass is 32.2. The Bertz CT molecular complexity index is 801. The Kier molecular flexibility index (Phi) is 5.87. The van der Waals surface area contributed by atoms with Gasteiger partial charge in [0.15, 0.2) is 5.16 Å². The van der Waals surface area contributed by atoms with Crippen LogP contribution in [0.25, 0.3) is 0 Å². The topological polar surface area (TPSA) is 103 Å². The molecule has 138 valence electrons. The van der Waals surface area contributed by atoms with E-state index in [-0.39, 0.29) is 17.3 Å². The van der Waals surface area contributed by atoms with Crippen LogP contribution >= 0.6 is 11.8 Å². The van der Waals surface area contributed by atoms with E-state index in [9.17, 15) is 14.9 Å². The van der Waals surface area contributed by atoms with Gasteiger partial charge >= 0.3 is 0 Å². The molecule has 1 aromatic carbocycles. The molecule has 1 fully saturated rings. The molecule has 1 aliphatic carbocycles. The van der Waals surface area contributed by atoms with Gasteiger partial charge in [0.2, 0.25) is 5.91 Å². The third-order valence-electron chi connectivity index (χ3n) is 4.51. The zero-order chi connectivity index (χ0) is 18.5. The van der Waals surface area contributed by atoms with Crippen molar-refractivity contribution in [3.63, 3.8) is 0 Å². The summed E-state index contributed by atoms with van der Waals surface area (Å²) in [6, 6.07) is 5.89. The molecule has 1 aromatic heterocycles.